The predicted molar refractivity (Wildman–Crippen MR) is 98.6 cm³/mol. The topological polar surface area (TPSA) is 26.7 Å². The van der Waals surface area contributed by atoms with Crippen molar-refractivity contribution in [2.75, 3.05) is 26.2 Å². The Bertz CT molecular complexity index is 518. The highest BCUT2D eigenvalue weighted by atomic mass is 79.9. The third kappa shape index (κ3) is 4.49. The Morgan fingerprint density at radius 3 is 2.43 bits per heavy atom. The number of rotatable bonds is 3. The lowest BCUT2D eigenvalue weighted by Gasteiger charge is -2.43. The first-order valence-electron chi connectivity index (χ1n) is 8.95. The molecule has 2 atom stereocenters. The van der Waals surface area contributed by atoms with Gasteiger partial charge in [-0.1, -0.05) is 29.8 Å². The lowest BCUT2D eigenvalue weighted by Crippen LogP contribution is -2.49. The Morgan fingerprint density at radius 2 is 1.78 bits per heavy atom. The number of likely N-dealkylation sites (tertiary alicyclic amines) is 2. The normalized spacial score (nSPS) is 28.1. The van der Waals surface area contributed by atoms with Crippen LogP contribution in [0, 0.1) is 11.8 Å². The van der Waals surface area contributed by atoms with E-state index in [0.29, 0.717) is 5.75 Å². The molecule has 0 amide bonds. The van der Waals surface area contributed by atoms with Crippen LogP contribution in [0.2, 0.25) is 0 Å². The molecule has 0 radical (unpaired) electrons. The number of benzene rings is 1. The fourth-order valence-electron chi connectivity index (χ4n) is 4.37. The number of piperidine rings is 2. The van der Waals surface area contributed by atoms with Crippen molar-refractivity contribution >= 4 is 15.9 Å². The van der Waals surface area contributed by atoms with E-state index in [1.165, 1.54) is 32.4 Å². The first kappa shape index (κ1) is 17.2. The van der Waals surface area contributed by atoms with Gasteiger partial charge in [-0.3, -0.25) is 9.80 Å². The van der Waals surface area contributed by atoms with Gasteiger partial charge in [-0.05, 0) is 62.4 Å². The van der Waals surface area contributed by atoms with Crippen LogP contribution < -0.4 is 0 Å². The number of aromatic hydroxyl groups is 1. The summed E-state index contributed by atoms with van der Waals surface area (Å²) in [5.74, 6) is 2.10. The lowest BCUT2D eigenvalue weighted by molar-refractivity contribution is 0.0528. The molecule has 0 unspecified atom stereocenters. The van der Waals surface area contributed by atoms with Gasteiger partial charge in [0.2, 0.25) is 0 Å². The van der Waals surface area contributed by atoms with Gasteiger partial charge in [0, 0.05) is 35.7 Å². The van der Waals surface area contributed by atoms with Crippen LogP contribution >= 0.6 is 15.9 Å². The summed E-state index contributed by atoms with van der Waals surface area (Å²) in [5, 5.41) is 10.0. The molecule has 1 aromatic rings. The zero-order chi connectivity index (χ0) is 16.4. The smallest absolute Gasteiger partial charge is 0.120 e. The highest BCUT2D eigenvalue weighted by Gasteiger charge is 2.30. The maximum Gasteiger partial charge on any atom is 0.120 e. The van der Waals surface area contributed by atoms with E-state index >= 15 is 0 Å². The third-order valence-electron chi connectivity index (χ3n) is 5.41. The Labute approximate surface area is 148 Å². The van der Waals surface area contributed by atoms with E-state index in [-0.39, 0.29) is 0 Å². The van der Waals surface area contributed by atoms with Gasteiger partial charge in [0.05, 0.1) is 0 Å². The van der Waals surface area contributed by atoms with Crippen LogP contribution in [0.25, 0.3) is 0 Å². The molecule has 4 heteroatoms. The summed E-state index contributed by atoms with van der Waals surface area (Å²) in [6.07, 6.45) is 3.90. The summed E-state index contributed by atoms with van der Waals surface area (Å²) in [5.41, 5.74) is 1.03. The van der Waals surface area contributed by atoms with E-state index in [1.54, 1.807) is 6.07 Å². The van der Waals surface area contributed by atoms with Gasteiger partial charge in [0.15, 0.2) is 0 Å². The number of phenols is 1. The number of phenolic OH excluding ortho intramolecular Hbond substituents is 1. The van der Waals surface area contributed by atoms with Crippen LogP contribution in [-0.4, -0.2) is 47.1 Å². The van der Waals surface area contributed by atoms with Crippen molar-refractivity contribution < 1.29 is 5.11 Å². The SMILES string of the molecule is C[C@@H]1C[C@H](C)CN(C2CCN(Cc3cc(Br)ccc3O)CC2)C1. The van der Waals surface area contributed by atoms with Crippen molar-refractivity contribution in [3.05, 3.63) is 28.2 Å². The summed E-state index contributed by atoms with van der Waals surface area (Å²) >= 11 is 3.50. The molecule has 0 saturated carbocycles. The third-order valence-corrected chi connectivity index (χ3v) is 5.90. The molecule has 128 valence electrons. The number of nitrogens with zero attached hydrogens (tertiary/aromatic N) is 2. The van der Waals surface area contributed by atoms with Crippen LogP contribution in [0.5, 0.6) is 5.75 Å². The van der Waals surface area contributed by atoms with Crippen LogP contribution in [0.3, 0.4) is 0 Å². The molecule has 2 aliphatic rings. The van der Waals surface area contributed by atoms with Crippen LogP contribution in [0.4, 0.5) is 0 Å². The summed E-state index contributed by atoms with van der Waals surface area (Å²) < 4.78 is 1.04. The molecule has 3 rings (SSSR count). The van der Waals surface area contributed by atoms with Gasteiger partial charge in [-0.2, -0.15) is 0 Å². The van der Waals surface area contributed by atoms with Gasteiger partial charge in [-0.25, -0.2) is 0 Å². The fraction of sp³-hybridized carbons (Fsp3) is 0.684. The molecular formula is C19H29BrN2O. The van der Waals surface area contributed by atoms with E-state index in [1.807, 2.05) is 12.1 Å². The first-order chi connectivity index (χ1) is 11.0. The van der Waals surface area contributed by atoms with Gasteiger partial charge in [0.1, 0.15) is 5.75 Å². The summed E-state index contributed by atoms with van der Waals surface area (Å²) in [7, 11) is 0. The number of halogens is 1. The van der Waals surface area contributed by atoms with E-state index in [0.717, 1.165) is 47.5 Å². The number of hydrogen-bond donors (Lipinski definition) is 1. The van der Waals surface area contributed by atoms with Gasteiger partial charge < -0.3 is 5.11 Å². The van der Waals surface area contributed by atoms with Gasteiger partial charge in [0.25, 0.3) is 0 Å². The van der Waals surface area contributed by atoms with Crippen LogP contribution in [0.1, 0.15) is 38.7 Å². The minimum Gasteiger partial charge on any atom is -0.508 e. The average Bonchev–Trinajstić information content (AvgIpc) is 2.51. The van der Waals surface area contributed by atoms with Crippen LogP contribution in [-0.2, 0) is 6.54 Å². The minimum absolute atomic E-state index is 0.411. The van der Waals surface area contributed by atoms with Crippen molar-refractivity contribution in [2.24, 2.45) is 11.8 Å². The Kier molecular flexibility index (Phi) is 5.65. The molecule has 2 heterocycles. The summed E-state index contributed by atoms with van der Waals surface area (Å²) in [4.78, 5) is 5.22. The predicted octanol–water partition coefficient (Wildman–Crippen LogP) is 4.10. The fourth-order valence-corrected chi connectivity index (χ4v) is 4.78. The number of hydrogen-bond acceptors (Lipinski definition) is 3. The zero-order valence-corrected chi connectivity index (χ0v) is 15.9. The van der Waals surface area contributed by atoms with E-state index in [2.05, 4.69) is 39.6 Å². The molecule has 0 aliphatic carbocycles. The summed E-state index contributed by atoms with van der Waals surface area (Å²) in [6.45, 7) is 10.5. The van der Waals surface area contributed by atoms with Crippen molar-refractivity contribution in [1.29, 1.82) is 0 Å². The van der Waals surface area contributed by atoms with Crippen molar-refractivity contribution in [3.63, 3.8) is 0 Å². The molecule has 23 heavy (non-hydrogen) atoms. The highest BCUT2D eigenvalue weighted by Crippen LogP contribution is 2.28. The molecule has 1 aromatic carbocycles. The second kappa shape index (κ2) is 7.54. The van der Waals surface area contributed by atoms with Crippen molar-refractivity contribution in [3.8, 4) is 5.75 Å². The van der Waals surface area contributed by atoms with E-state index in [4.69, 9.17) is 0 Å². The zero-order valence-electron chi connectivity index (χ0n) is 14.3. The van der Waals surface area contributed by atoms with Gasteiger partial charge >= 0.3 is 0 Å². The van der Waals surface area contributed by atoms with Crippen LogP contribution in [0.15, 0.2) is 22.7 Å². The lowest BCUT2D eigenvalue weighted by atomic mass is 9.89. The standard InChI is InChI=1S/C19H29BrN2O/c1-14-9-15(2)12-22(11-14)18-5-7-21(8-6-18)13-16-10-17(20)3-4-19(16)23/h3-4,10,14-15,18,23H,5-9,11-13H2,1-2H3/t14-,15+. The molecule has 1 N–H and O–H groups in total. The molecule has 2 aliphatic heterocycles. The second-order valence-electron chi connectivity index (χ2n) is 7.68. The molecule has 0 bridgehead atoms. The Hall–Kier alpha value is -0.580. The second-order valence-corrected chi connectivity index (χ2v) is 8.60. The Balaban J connectivity index is 1.53. The maximum atomic E-state index is 10.0. The van der Waals surface area contributed by atoms with E-state index < -0.39 is 0 Å². The Morgan fingerprint density at radius 1 is 1.13 bits per heavy atom. The molecule has 2 saturated heterocycles. The monoisotopic (exact) mass is 380 g/mol. The quantitative estimate of drug-likeness (QED) is 0.854. The first-order valence-corrected chi connectivity index (χ1v) is 9.74. The van der Waals surface area contributed by atoms with Crippen molar-refractivity contribution in [2.45, 2.75) is 45.7 Å². The molecule has 3 nitrogen and oxygen atoms in total. The molecule has 0 aromatic heterocycles. The molecular weight excluding hydrogens is 352 g/mol. The minimum atomic E-state index is 0.411. The maximum absolute atomic E-state index is 10.0. The van der Waals surface area contributed by atoms with Gasteiger partial charge in [-0.15, -0.1) is 0 Å². The molecule has 2 fully saturated rings. The largest absolute Gasteiger partial charge is 0.508 e. The highest BCUT2D eigenvalue weighted by molar-refractivity contribution is 9.10. The molecule has 0 spiro atoms. The van der Waals surface area contributed by atoms with Crippen molar-refractivity contribution in [1.82, 2.24) is 9.80 Å². The van der Waals surface area contributed by atoms with E-state index in [9.17, 15) is 5.11 Å². The summed E-state index contributed by atoms with van der Waals surface area (Å²) in [6, 6.07) is 6.47. The average molecular weight is 381 g/mol.